The lowest BCUT2D eigenvalue weighted by Crippen LogP contribution is -2.14. The second kappa shape index (κ2) is 9.35. The number of hydrogen-bond donors (Lipinski definition) is 1. The SMILES string of the molecule is CCc1ccccc1NC(=O)c1ccc(OC)c(COc2ccc3ccccc3c2)c1. The zero-order chi connectivity index (χ0) is 21.6. The number of fused-ring (bicyclic) bond motifs is 1. The fourth-order valence-electron chi connectivity index (χ4n) is 3.60. The van der Waals surface area contributed by atoms with Crippen LogP contribution in [0.5, 0.6) is 11.5 Å². The van der Waals surface area contributed by atoms with Gasteiger partial charge in [-0.2, -0.15) is 0 Å². The van der Waals surface area contributed by atoms with E-state index in [0.717, 1.165) is 34.4 Å². The third kappa shape index (κ3) is 4.69. The van der Waals surface area contributed by atoms with Crippen molar-refractivity contribution in [2.24, 2.45) is 0 Å². The van der Waals surface area contributed by atoms with Gasteiger partial charge in [0, 0.05) is 16.8 Å². The number of aryl methyl sites for hydroxylation is 1. The predicted molar refractivity (Wildman–Crippen MR) is 125 cm³/mol. The highest BCUT2D eigenvalue weighted by molar-refractivity contribution is 6.04. The van der Waals surface area contributed by atoms with Crippen LogP contribution in [0.2, 0.25) is 0 Å². The van der Waals surface area contributed by atoms with E-state index in [0.29, 0.717) is 17.9 Å². The molecule has 4 rings (SSSR count). The Hall–Kier alpha value is -3.79. The topological polar surface area (TPSA) is 47.6 Å². The maximum atomic E-state index is 12.9. The fraction of sp³-hybridized carbons (Fsp3) is 0.148. The zero-order valence-corrected chi connectivity index (χ0v) is 17.7. The van der Waals surface area contributed by atoms with Gasteiger partial charge >= 0.3 is 0 Å². The molecule has 0 saturated carbocycles. The molecule has 0 aliphatic heterocycles. The molecule has 0 aliphatic carbocycles. The molecular formula is C27H25NO3. The largest absolute Gasteiger partial charge is 0.496 e. The van der Waals surface area contributed by atoms with Gasteiger partial charge in [-0.1, -0.05) is 55.5 Å². The van der Waals surface area contributed by atoms with Gasteiger partial charge in [-0.25, -0.2) is 0 Å². The number of amides is 1. The van der Waals surface area contributed by atoms with Crippen molar-refractivity contribution >= 4 is 22.4 Å². The minimum atomic E-state index is -0.157. The summed E-state index contributed by atoms with van der Waals surface area (Å²) in [5.41, 5.74) is 3.31. The number of ether oxygens (including phenoxy) is 2. The van der Waals surface area contributed by atoms with E-state index in [9.17, 15) is 4.79 Å². The molecule has 1 amide bonds. The second-order valence-electron chi connectivity index (χ2n) is 7.29. The molecule has 4 heteroatoms. The number of rotatable bonds is 7. The minimum absolute atomic E-state index is 0.157. The van der Waals surface area contributed by atoms with Crippen LogP contribution in [0.1, 0.15) is 28.4 Å². The summed E-state index contributed by atoms with van der Waals surface area (Å²) in [6, 6.07) is 27.4. The summed E-state index contributed by atoms with van der Waals surface area (Å²) in [6.45, 7) is 2.37. The maximum Gasteiger partial charge on any atom is 0.255 e. The number of anilines is 1. The van der Waals surface area contributed by atoms with Gasteiger partial charge in [0.25, 0.3) is 5.91 Å². The average Bonchev–Trinajstić information content (AvgIpc) is 2.82. The Labute approximate surface area is 182 Å². The van der Waals surface area contributed by atoms with E-state index in [-0.39, 0.29) is 5.91 Å². The van der Waals surface area contributed by atoms with E-state index in [1.54, 1.807) is 19.2 Å². The third-order valence-electron chi connectivity index (χ3n) is 5.30. The van der Waals surface area contributed by atoms with Crippen molar-refractivity contribution in [3.63, 3.8) is 0 Å². The van der Waals surface area contributed by atoms with Crippen LogP contribution >= 0.6 is 0 Å². The molecule has 0 bridgehead atoms. The Morgan fingerprint density at radius 1 is 0.839 bits per heavy atom. The molecule has 0 atom stereocenters. The highest BCUT2D eigenvalue weighted by atomic mass is 16.5. The van der Waals surface area contributed by atoms with E-state index >= 15 is 0 Å². The molecule has 156 valence electrons. The first kappa shape index (κ1) is 20.5. The summed E-state index contributed by atoms with van der Waals surface area (Å²) in [4.78, 5) is 12.9. The van der Waals surface area contributed by atoms with Crippen molar-refractivity contribution in [3.8, 4) is 11.5 Å². The average molecular weight is 412 g/mol. The molecule has 4 aromatic carbocycles. The van der Waals surface area contributed by atoms with Crippen LogP contribution in [0, 0.1) is 0 Å². The molecule has 0 unspecified atom stereocenters. The van der Waals surface area contributed by atoms with E-state index < -0.39 is 0 Å². The van der Waals surface area contributed by atoms with Crippen LogP contribution in [-0.2, 0) is 13.0 Å². The summed E-state index contributed by atoms with van der Waals surface area (Å²) in [6.07, 6.45) is 0.851. The molecule has 0 fully saturated rings. The predicted octanol–water partition coefficient (Wildman–Crippen LogP) is 6.24. The van der Waals surface area contributed by atoms with Crippen molar-refractivity contribution in [1.82, 2.24) is 0 Å². The van der Waals surface area contributed by atoms with E-state index in [1.165, 1.54) is 5.39 Å². The van der Waals surface area contributed by atoms with Gasteiger partial charge < -0.3 is 14.8 Å². The van der Waals surface area contributed by atoms with Crippen molar-refractivity contribution in [2.75, 3.05) is 12.4 Å². The number of carbonyl (C=O) groups excluding carboxylic acids is 1. The van der Waals surface area contributed by atoms with Crippen LogP contribution in [0.4, 0.5) is 5.69 Å². The lowest BCUT2D eigenvalue weighted by molar-refractivity contribution is 0.102. The van der Waals surface area contributed by atoms with Gasteiger partial charge in [-0.05, 0) is 59.2 Å². The molecule has 0 heterocycles. The van der Waals surface area contributed by atoms with Gasteiger partial charge in [-0.3, -0.25) is 4.79 Å². The summed E-state index contributed by atoms with van der Waals surface area (Å²) < 4.78 is 11.5. The van der Waals surface area contributed by atoms with E-state index in [1.807, 2.05) is 60.7 Å². The van der Waals surface area contributed by atoms with Gasteiger partial charge in [0.1, 0.15) is 18.1 Å². The highest BCUT2D eigenvalue weighted by Crippen LogP contribution is 2.25. The summed E-state index contributed by atoms with van der Waals surface area (Å²) in [5, 5.41) is 5.30. The molecule has 1 N–H and O–H groups in total. The summed E-state index contributed by atoms with van der Waals surface area (Å²) in [7, 11) is 1.62. The van der Waals surface area contributed by atoms with Crippen molar-refractivity contribution in [3.05, 3.63) is 102 Å². The van der Waals surface area contributed by atoms with Gasteiger partial charge in [0.15, 0.2) is 0 Å². The summed E-state index contributed by atoms with van der Waals surface area (Å²) in [5.74, 6) is 1.30. The quantitative estimate of drug-likeness (QED) is 0.391. The van der Waals surface area contributed by atoms with Crippen LogP contribution in [0.3, 0.4) is 0 Å². The van der Waals surface area contributed by atoms with Crippen LogP contribution in [0.15, 0.2) is 84.9 Å². The van der Waals surface area contributed by atoms with Crippen molar-refractivity contribution < 1.29 is 14.3 Å². The smallest absolute Gasteiger partial charge is 0.255 e. The van der Waals surface area contributed by atoms with Gasteiger partial charge in [0.2, 0.25) is 0 Å². The second-order valence-corrected chi connectivity index (χ2v) is 7.29. The number of carbonyl (C=O) groups is 1. The number of hydrogen-bond acceptors (Lipinski definition) is 3. The highest BCUT2D eigenvalue weighted by Gasteiger charge is 2.13. The number of benzene rings is 4. The molecule has 0 aliphatic rings. The Kier molecular flexibility index (Phi) is 6.18. The maximum absolute atomic E-state index is 12.9. The molecule has 0 spiro atoms. The Balaban J connectivity index is 1.53. The number of methoxy groups -OCH3 is 1. The summed E-state index contributed by atoms with van der Waals surface area (Å²) >= 11 is 0. The van der Waals surface area contributed by atoms with Gasteiger partial charge in [0.05, 0.1) is 7.11 Å². The first-order valence-electron chi connectivity index (χ1n) is 10.4. The monoisotopic (exact) mass is 411 g/mol. The Morgan fingerprint density at radius 2 is 1.61 bits per heavy atom. The number of para-hydroxylation sites is 1. The Morgan fingerprint density at radius 3 is 2.42 bits per heavy atom. The first-order valence-corrected chi connectivity index (χ1v) is 10.4. The zero-order valence-electron chi connectivity index (χ0n) is 17.7. The van der Waals surface area contributed by atoms with E-state index in [4.69, 9.17) is 9.47 Å². The van der Waals surface area contributed by atoms with Crippen LogP contribution in [0.25, 0.3) is 10.8 Å². The van der Waals surface area contributed by atoms with Crippen LogP contribution in [-0.4, -0.2) is 13.0 Å². The van der Waals surface area contributed by atoms with Crippen LogP contribution < -0.4 is 14.8 Å². The molecule has 4 nitrogen and oxygen atoms in total. The van der Waals surface area contributed by atoms with Crippen molar-refractivity contribution in [2.45, 2.75) is 20.0 Å². The lowest BCUT2D eigenvalue weighted by atomic mass is 10.1. The minimum Gasteiger partial charge on any atom is -0.496 e. The third-order valence-corrected chi connectivity index (χ3v) is 5.30. The Bertz CT molecular complexity index is 1220. The fourth-order valence-corrected chi connectivity index (χ4v) is 3.60. The molecule has 4 aromatic rings. The molecule has 31 heavy (non-hydrogen) atoms. The molecule has 0 saturated heterocycles. The number of nitrogens with one attached hydrogen (secondary N) is 1. The molecule has 0 aromatic heterocycles. The molecular weight excluding hydrogens is 386 g/mol. The van der Waals surface area contributed by atoms with Crippen molar-refractivity contribution in [1.29, 1.82) is 0 Å². The van der Waals surface area contributed by atoms with E-state index in [2.05, 4.69) is 24.4 Å². The lowest BCUT2D eigenvalue weighted by Gasteiger charge is -2.14. The van der Waals surface area contributed by atoms with Gasteiger partial charge in [-0.15, -0.1) is 0 Å². The molecule has 0 radical (unpaired) electrons. The normalized spacial score (nSPS) is 10.6. The first-order chi connectivity index (χ1) is 15.2. The standard InChI is InChI=1S/C27H25NO3/c1-3-19-8-6-7-11-25(19)28-27(29)22-13-15-26(30-2)23(16-22)18-31-24-14-12-20-9-4-5-10-21(20)17-24/h4-17H,3,18H2,1-2H3,(H,28,29).